The molecule has 5 nitrogen and oxygen atoms in total. The van der Waals surface area contributed by atoms with E-state index in [-0.39, 0.29) is 5.91 Å². The fourth-order valence-corrected chi connectivity index (χ4v) is 3.06. The molecule has 0 atom stereocenters. The molecule has 1 aromatic carbocycles. The molecule has 1 aromatic heterocycles. The first-order valence-corrected chi connectivity index (χ1v) is 8.59. The maximum Gasteiger partial charge on any atom is 0.272 e. The highest BCUT2D eigenvalue weighted by Crippen LogP contribution is 2.26. The van der Waals surface area contributed by atoms with E-state index in [4.69, 9.17) is 11.6 Å². The van der Waals surface area contributed by atoms with Gasteiger partial charge in [0.2, 0.25) is 0 Å². The molecular weight excluding hydrogens is 324 g/mol. The Labute approximate surface area is 147 Å². The lowest BCUT2D eigenvalue weighted by Crippen LogP contribution is -2.36. The third-order valence-corrected chi connectivity index (χ3v) is 4.64. The maximum atomic E-state index is 12.7. The number of carbonyl (C=O) groups is 1. The molecule has 126 valence electrons. The van der Waals surface area contributed by atoms with Gasteiger partial charge in [-0.25, -0.2) is 9.97 Å². The zero-order chi connectivity index (χ0) is 17.1. The molecule has 3 rings (SSSR count). The third-order valence-electron chi connectivity index (χ3n) is 4.23. The van der Waals surface area contributed by atoms with E-state index in [0.29, 0.717) is 22.4 Å². The van der Waals surface area contributed by atoms with Crippen molar-refractivity contribution in [1.29, 1.82) is 0 Å². The van der Waals surface area contributed by atoms with E-state index in [1.165, 1.54) is 6.42 Å². The van der Waals surface area contributed by atoms with E-state index in [1.54, 1.807) is 13.0 Å². The molecule has 1 fully saturated rings. The smallest absolute Gasteiger partial charge is 0.272 e. The van der Waals surface area contributed by atoms with Crippen LogP contribution in [-0.4, -0.2) is 33.9 Å². The number of carbonyl (C=O) groups excluding carboxylic acids is 1. The highest BCUT2D eigenvalue weighted by atomic mass is 35.5. The average molecular weight is 345 g/mol. The average Bonchev–Trinajstić information content (AvgIpc) is 2.58. The normalized spacial score (nSPS) is 14.5. The molecule has 0 unspecified atom stereocenters. The number of aryl methyl sites for hydroxylation is 1. The number of nitrogens with zero attached hydrogens (tertiary/aromatic N) is 3. The molecule has 1 aliphatic heterocycles. The Bertz CT molecular complexity index is 757. The number of amides is 1. The molecule has 6 heteroatoms. The molecule has 1 aliphatic rings. The first-order valence-electron chi connectivity index (χ1n) is 8.21. The Balaban J connectivity index is 1.86. The van der Waals surface area contributed by atoms with Crippen molar-refractivity contribution < 1.29 is 4.79 Å². The number of hydrogen-bond donors (Lipinski definition) is 1. The number of likely N-dealkylation sites (tertiary alicyclic amines) is 1. The Morgan fingerprint density at radius 1 is 1.17 bits per heavy atom. The van der Waals surface area contributed by atoms with Gasteiger partial charge < -0.3 is 10.2 Å². The lowest BCUT2D eigenvalue weighted by molar-refractivity contribution is 0.0718. The molecule has 1 N–H and O–H groups in total. The highest BCUT2D eigenvalue weighted by Gasteiger charge is 2.20. The minimum Gasteiger partial charge on any atom is -0.340 e. The van der Waals surface area contributed by atoms with E-state index in [0.717, 1.165) is 37.2 Å². The van der Waals surface area contributed by atoms with E-state index >= 15 is 0 Å². The van der Waals surface area contributed by atoms with Crippen molar-refractivity contribution in [3.8, 4) is 0 Å². The van der Waals surface area contributed by atoms with Crippen molar-refractivity contribution in [2.24, 2.45) is 0 Å². The van der Waals surface area contributed by atoms with Crippen LogP contribution in [0, 0.1) is 13.8 Å². The van der Waals surface area contributed by atoms with Gasteiger partial charge in [0.25, 0.3) is 5.91 Å². The van der Waals surface area contributed by atoms with Crippen molar-refractivity contribution in [3.05, 3.63) is 46.4 Å². The van der Waals surface area contributed by atoms with Crippen LogP contribution in [0.2, 0.25) is 5.02 Å². The predicted molar refractivity (Wildman–Crippen MR) is 96.0 cm³/mol. The van der Waals surface area contributed by atoms with Crippen molar-refractivity contribution in [2.45, 2.75) is 33.1 Å². The molecule has 24 heavy (non-hydrogen) atoms. The standard InChI is InChI=1S/C18H21ClN4O/c1-12-14(19)7-6-8-15(12)22-17-11-16(20-13(2)21-17)18(24)23-9-4-3-5-10-23/h6-8,11H,3-5,9-10H2,1-2H3,(H,20,21,22). The van der Waals surface area contributed by atoms with E-state index in [1.807, 2.05) is 30.0 Å². The van der Waals surface area contributed by atoms with E-state index in [9.17, 15) is 4.79 Å². The Hall–Kier alpha value is -2.14. The van der Waals surface area contributed by atoms with Crippen LogP contribution < -0.4 is 5.32 Å². The molecule has 2 aromatic rings. The zero-order valence-electron chi connectivity index (χ0n) is 14.0. The molecule has 0 spiro atoms. The molecule has 0 radical (unpaired) electrons. The monoisotopic (exact) mass is 344 g/mol. The van der Waals surface area contributed by atoms with Gasteiger partial charge in [-0.1, -0.05) is 17.7 Å². The van der Waals surface area contributed by atoms with Crippen molar-refractivity contribution in [3.63, 3.8) is 0 Å². The van der Waals surface area contributed by atoms with Gasteiger partial charge in [-0.2, -0.15) is 0 Å². The van der Waals surface area contributed by atoms with E-state index in [2.05, 4.69) is 15.3 Å². The van der Waals surface area contributed by atoms with Gasteiger partial charge in [0.15, 0.2) is 0 Å². The van der Waals surface area contributed by atoms with Gasteiger partial charge in [-0.3, -0.25) is 4.79 Å². The van der Waals surface area contributed by atoms with Crippen LogP contribution in [0.5, 0.6) is 0 Å². The predicted octanol–water partition coefficient (Wildman–Crippen LogP) is 4.12. The second-order valence-electron chi connectivity index (χ2n) is 6.08. The number of hydrogen-bond acceptors (Lipinski definition) is 4. The number of aromatic nitrogens is 2. The minimum atomic E-state index is -0.0222. The number of anilines is 2. The summed E-state index contributed by atoms with van der Waals surface area (Å²) in [6, 6.07) is 7.37. The van der Waals surface area contributed by atoms with E-state index < -0.39 is 0 Å². The summed E-state index contributed by atoms with van der Waals surface area (Å²) >= 11 is 6.16. The number of halogens is 1. The maximum absolute atomic E-state index is 12.7. The summed E-state index contributed by atoms with van der Waals surface area (Å²) in [6.07, 6.45) is 3.30. The second-order valence-corrected chi connectivity index (χ2v) is 6.48. The summed E-state index contributed by atoms with van der Waals surface area (Å²) in [4.78, 5) is 23.3. The topological polar surface area (TPSA) is 58.1 Å². The number of benzene rings is 1. The molecule has 2 heterocycles. The van der Waals surface area contributed by atoms with Crippen LogP contribution in [0.1, 0.15) is 41.1 Å². The van der Waals surface area contributed by atoms with Crippen LogP contribution in [0.15, 0.2) is 24.3 Å². The summed E-state index contributed by atoms with van der Waals surface area (Å²) in [6.45, 7) is 5.34. The van der Waals surface area contributed by atoms with Crippen LogP contribution in [-0.2, 0) is 0 Å². The largest absolute Gasteiger partial charge is 0.340 e. The van der Waals surface area contributed by atoms with Crippen LogP contribution in [0.25, 0.3) is 0 Å². The van der Waals surface area contributed by atoms with Crippen molar-refractivity contribution in [1.82, 2.24) is 14.9 Å². The molecule has 0 saturated carbocycles. The van der Waals surface area contributed by atoms with Gasteiger partial charge >= 0.3 is 0 Å². The lowest BCUT2D eigenvalue weighted by Gasteiger charge is -2.26. The molecular formula is C18H21ClN4O. The quantitative estimate of drug-likeness (QED) is 0.910. The Morgan fingerprint density at radius 2 is 1.92 bits per heavy atom. The lowest BCUT2D eigenvalue weighted by atomic mass is 10.1. The van der Waals surface area contributed by atoms with Crippen LogP contribution >= 0.6 is 11.6 Å². The van der Waals surface area contributed by atoms with Crippen LogP contribution in [0.3, 0.4) is 0 Å². The van der Waals surface area contributed by atoms with Crippen molar-refractivity contribution in [2.75, 3.05) is 18.4 Å². The van der Waals surface area contributed by atoms with Gasteiger partial charge in [-0.15, -0.1) is 0 Å². The first kappa shape index (κ1) is 16.7. The summed E-state index contributed by atoms with van der Waals surface area (Å²) in [5.41, 5.74) is 2.25. The fourth-order valence-electron chi connectivity index (χ4n) is 2.88. The number of nitrogens with one attached hydrogen (secondary N) is 1. The first-order chi connectivity index (χ1) is 11.5. The van der Waals surface area contributed by atoms with Crippen molar-refractivity contribution >= 4 is 29.0 Å². The van der Waals surface area contributed by atoms with Gasteiger partial charge in [0.05, 0.1) is 0 Å². The molecule has 1 amide bonds. The molecule has 0 aliphatic carbocycles. The third kappa shape index (κ3) is 3.67. The minimum absolute atomic E-state index is 0.0222. The zero-order valence-corrected chi connectivity index (χ0v) is 14.7. The second kappa shape index (κ2) is 7.18. The summed E-state index contributed by atoms with van der Waals surface area (Å²) in [7, 11) is 0. The SMILES string of the molecule is Cc1nc(Nc2cccc(Cl)c2C)cc(C(=O)N2CCCCC2)n1. The fraction of sp³-hybridized carbons (Fsp3) is 0.389. The summed E-state index contributed by atoms with van der Waals surface area (Å²) < 4.78 is 0. The van der Waals surface area contributed by atoms with Crippen LogP contribution in [0.4, 0.5) is 11.5 Å². The summed E-state index contributed by atoms with van der Waals surface area (Å²) in [5.74, 6) is 1.15. The molecule has 0 bridgehead atoms. The Morgan fingerprint density at radius 3 is 2.67 bits per heavy atom. The Kier molecular flexibility index (Phi) is 5.00. The molecule has 1 saturated heterocycles. The van der Waals surface area contributed by atoms with Gasteiger partial charge in [-0.05, 0) is 50.8 Å². The number of piperidine rings is 1. The van der Waals surface area contributed by atoms with Gasteiger partial charge in [0.1, 0.15) is 17.3 Å². The van der Waals surface area contributed by atoms with Gasteiger partial charge in [0, 0.05) is 29.9 Å². The summed E-state index contributed by atoms with van der Waals surface area (Å²) in [5, 5.41) is 3.94. The number of rotatable bonds is 3. The highest BCUT2D eigenvalue weighted by molar-refractivity contribution is 6.31.